The van der Waals surface area contributed by atoms with E-state index in [1.54, 1.807) is 13.0 Å². The number of carbonyl (C=O) groups is 2. The summed E-state index contributed by atoms with van der Waals surface area (Å²) >= 11 is 6.44. The van der Waals surface area contributed by atoms with Crippen molar-refractivity contribution in [2.45, 2.75) is 6.92 Å². The number of aromatic carboxylic acids is 1. The SMILES string of the molecule is C#CCN(CC)C(=O)Nc1c(Br)cc(Br)cc1C(=O)O. The molecule has 106 valence electrons. The first-order valence-electron chi connectivity index (χ1n) is 5.62. The van der Waals surface area contributed by atoms with E-state index in [1.807, 2.05) is 0 Å². The lowest BCUT2D eigenvalue weighted by atomic mass is 10.2. The van der Waals surface area contributed by atoms with Crippen LogP contribution in [0.5, 0.6) is 0 Å². The summed E-state index contributed by atoms with van der Waals surface area (Å²) < 4.78 is 1.06. The maximum Gasteiger partial charge on any atom is 0.337 e. The molecule has 5 nitrogen and oxygen atoms in total. The van der Waals surface area contributed by atoms with Crippen molar-refractivity contribution in [3.63, 3.8) is 0 Å². The number of carbonyl (C=O) groups excluding carboxylic acids is 1. The van der Waals surface area contributed by atoms with Gasteiger partial charge in [-0.3, -0.25) is 0 Å². The van der Waals surface area contributed by atoms with Gasteiger partial charge in [-0.05, 0) is 35.0 Å². The average molecular weight is 404 g/mol. The van der Waals surface area contributed by atoms with E-state index in [0.717, 1.165) is 0 Å². The van der Waals surface area contributed by atoms with Crippen molar-refractivity contribution >= 4 is 49.5 Å². The van der Waals surface area contributed by atoms with Gasteiger partial charge in [-0.1, -0.05) is 21.9 Å². The van der Waals surface area contributed by atoms with Crippen LogP contribution in [0.4, 0.5) is 10.5 Å². The van der Waals surface area contributed by atoms with Crippen molar-refractivity contribution in [1.82, 2.24) is 4.90 Å². The minimum Gasteiger partial charge on any atom is -0.478 e. The molecule has 0 saturated heterocycles. The Labute approximate surface area is 133 Å². The van der Waals surface area contributed by atoms with E-state index in [0.29, 0.717) is 15.5 Å². The number of urea groups is 1. The van der Waals surface area contributed by atoms with Crippen molar-refractivity contribution < 1.29 is 14.7 Å². The van der Waals surface area contributed by atoms with Crippen LogP contribution in [0.1, 0.15) is 17.3 Å². The monoisotopic (exact) mass is 402 g/mol. The number of carboxylic acids is 1. The van der Waals surface area contributed by atoms with Gasteiger partial charge >= 0.3 is 12.0 Å². The first kappa shape index (κ1) is 16.5. The lowest BCUT2D eigenvalue weighted by Gasteiger charge is -2.20. The minimum absolute atomic E-state index is 0.0173. The number of benzene rings is 1. The molecular weight excluding hydrogens is 392 g/mol. The fourth-order valence-electron chi connectivity index (χ4n) is 1.49. The van der Waals surface area contributed by atoms with Crippen LogP contribution in [-0.4, -0.2) is 35.1 Å². The van der Waals surface area contributed by atoms with E-state index in [-0.39, 0.29) is 17.8 Å². The largest absolute Gasteiger partial charge is 0.478 e. The van der Waals surface area contributed by atoms with Gasteiger partial charge in [0.1, 0.15) is 0 Å². The Kier molecular flexibility index (Phi) is 6.05. The number of amides is 2. The first-order chi connectivity index (χ1) is 9.40. The van der Waals surface area contributed by atoms with Gasteiger partial charge < -0.3 is 15.3 Å². The Bertz CT molecular complexity index is 582. The Morgan fingerprint density at radius 3 is 2.60 bits per heavy atom. The van der Waals surface area contributed by atoms with Crippen LogP contribution >= 0.6 is 31.9 Å². The summed E-state index contributed by atoms with van der Waals surface area (Å²) in [6.45, 7) is 2.36. The molecule has 0 heterocycles. The molecule has 1 aromatic carbocycles. The molecule has 0 atom stereocenters. The van der Waals surface area contributed by atoms with Gasteiger partial charge in [0.15, 0.2) is 0 Å². The highest BCUT2D eigenvalue weighted by Gasteiger charge is 2.19. The van der Waals surface area contributed by atoms with E-state index in [2.05, 4.69) is 43.1 Å². The van der Waals surface area contributed by atoms with E-state index in [9.17, 15) is 14.7 Å². The van der Waals surface area contributed by atoms with Gasteiger partial charge in [0.25, 0.3) is 0 Å². The summed E-state index contributed by atoms with van der Waals surface area (Å²) in [7, 11) is 0. The second kappa shape index (κ2) is 7.31. The van der Waals surface area contributed by atoms with Gasteiger partial charge in [-0.25, -0.2) is 9.59 Å². The highest BCUT2D eigenvalue weighted by Crippen LogP contribution is 2.31. The molecule has 2 amide bonds. The first-order valence-corrected chi connectivity index (χ1v) is 7.21. The zero-order valence-corrected chi connectivity index (χ0v) is 13.8. The molecule has 0 fully saturated rings. The minimum atomic E-state index is -1.14. The van der Waals surface area contributed by atoms with Crippen LogP contribution < -0.4 is 5.32 Å². The van der Waals surface area contributed by atoms with Gasteiger partial charge in [0.05, 0.1) is 17.8 Å². The van der Waals surface area contributed by atoms with E-state index in [4.69, 9.17) is 6.42 Å². The highest BCUT2D eigenvalue weighted by atomic mass is 79.9. The molecule has 7 heteroatoms. The maximum atomic E-state index is 12.0. The lowest BCUT2D eigenvalue weighted by Crippen LogP contribution is -2.35. The number of hydrogen-bond acceptors (Lipinski definition) is 2. The van der Waals surface area contributed by atoms with Crippen LogP contribution in [0.3, 0.4) is 0 Å². The highest BCUT2D eigenvalue weighted by molar-refractivity contribution is 9.11. The molecule has 2 N–H and O–H groups in total. The lowest BCUT2D eigenvalue weighted by molar-refractivity contribution is 0.0698. The normalized spacial score (nSPS) is 9.70. The number of hydrogen-bond donors (Lipinski definition) is 2. The molecule has 0 spiro atoms. The number of halogens is 2. The molecule has 0 aliphatic heterocycles. The summed E-state index contributed by atoms with van der Waals surface area (Å²) in [5, 5.41) is 11.8. The van der Waals surface area contributed by atoms with Crippen LogP contribution in [-0.2, 0) is 0 Å². The number of carboxylic acid groups (broad SMARTS) is 1. The third kappa shape index (κ3) is 3.99. The van der Waals surface area contributed by atoms with Crippen molar-refractivity contribution in [2.24, 2.45) is 0 Å². The molecule has 20 heavy (non-hydrogen) atoms. The molecular formula is C13H12Br2N2O3. The van der Waals surface area contributed by atoms with Gasteiger partial charge in [0, 0.05) is 15.5 Å². The summed E-state index contributed by atoms with van der Waals surface area (Å²) in [6.07, 6.45) is 5.18. The Morgan fingerprint density at radius 1 is 1.45 bits per heavy atom. The van der Waals surface area contributed by atoms with Gasteiger partial charge in [-0.2, -0.15) is 0 Å². The molecule has 0 saturated carbocycles. The molecule has 0 radical (unpaired) electrons. The second-order valence-corrected chi connectivity index (χ2v) is 5.53. The molecule has 0 aliphatic rings. The van der Waals surface area contributed by atoms with E-state index < -0.39 is 12.0 Å². The summed E-state index contributed by atoms with van der Waals surface area (Å²) in [4.78, 5) is 24.7. The topological polar surface area (TPSA) is 69.6 Å². The third-order valence-corrected chi connectivity index (χ3v) is 3.55. The molecule has 1 aromatic rings. The quantitative estimate of drug-likeness (QED) is 0.757. The van der Waals surface area contributed by atoms with Crippen LogP contribution in [0, 0.1) is 12.3 Å². The van der Waals surface area contributed by atoms with Crippen LogP contribution in [0.15, 0.2) is 21.1 Å². The predicted octanol–water partition coefficient (Wildman–Crippen LogP) is 3.40. The van der Waals surface area contributed by atoms with Gasteiger partial charge in [-0.15, -0.1) is 6.42 Å². The standard InChI is InChI=1S/C13H12Br2N2O3/c1-3-5-17(4-2)13(20)16-11-9(12(18)19)6-8(14)7-10(11)15/h1,6-7H,4-5H2,2H3,(H,16,20)(H,18,19). The van der Waals surface area contributed by atoms with Crippen molar-refractivity contribution in [3.05, 3.63) is 26.6 Å². The summed E-state index contributed by atoms with van der Waals surface area (Å²) in [5.74, 6) is 1.24. The number of nitrogens with one attached hydrogen (secondary N) is 1. The fourth-order valence-corrected chi connectivity index (χ4v) is 2.82. The Hall–Kier alpha value is -1.52. The van der Waals surface area contributed by atoms with Crippen molar-refractivity contribution in [1.29, 1.82) is 0 Å². The Balaban J connectivity index is 3.12. The smallest absolute Gasteiger partial charge is 0.337 e. The number of terminal acetylenes is 1. The summed E-state index contributed by atoms with van der Waals surface area (Å²) in [6, 6.07) is 2.62. The molecule has 0 unspecified atom stereocenters. The molecule has 0 aromatic heterocycles. The zero-order chi connectivity index (χ0) is 15.3. The van der Waals surface area contributed by atoms with Gasteiger partial charge in [0.2, 0.25) is 0 Å². The van der Waals surface area contributed by atoms with E-state index >= 15 is 0 Å². The third-order valence-electron chi connectivity index (χ3n) is 2.47. The predicted molar refractivity (Wildman–Crippen MR) is 83.9 cm³/mol. The molecule has 0 aliphatic carbocycles. The average Bonchev–Trinajstić information content (AvgIpc) is 2.38. The van der Waals surface area contributed by atoms with E-state index in [1.165, 1.54) is 11.0 Å². The maximum absolute atomic E-state index is 12.0. The molecule has 0 bridgehead atoms. The van der Waals surface area contributed by atoms with Crippen molar-refractivity contribution in [2.75, 3.05) is 18.4 Å². The fraction of sp³-hybridized carbons (Fsp3) is 0.231. The van der Waals surface area contributed by atoms with Crippen molar-refractivity contribution in [3.8, 4) is 12.3 Å². The molecule has 1 rings (SSSR count). The second-order valence-electron chi connectivity index (χ2n) is 3.76. The number of anilines is 1. The van der Waals surface area contributed by atoms with Crippen LogP contribution in [0.25, 0.3) is 0 Å². The van der Waals surface area contributed by atoms with Crippen LogP contribution in [0.2, 0.25) is 0 Å². The summed E-state index contributed by atoms with van der Waals surface area (Å²) in [5.41, 5.74) is 0.178. The number of rotatable bonds is 4. The Morgan fingerprint density at radius 2 is 2.10 bits per heavy atom. The number of nitrogens with zero attached hydrogens (tertiary/aromatic N) is 1. The zero-order valence-electron chi connectivity index (χ0n) is 10.6.